The largest absolute Gasteiger partial charge is 0.491 e. The molecule has 1 amide bonds. The van der Waals surface area contributed by atoms with E-state index in [2.05, 4.69) is 10.3 Å². The summed E-state index contributed by atoms with van der Waals surface area (Å²) in [5.41, 5.74) is 1.85. The van der Waals surface area contributed by atoms with E-state index in [4.69, 9.17) is 4.74 Å². The smallest absolute Gasteiger partial charge is 0.268 e. The minimum absolute atomic E-state index is 0.0749. The lowest BCUT2D eigenvalue weighted by atomic mass is 10.1. The van der Waals surface area contributed by atoms with Gasteiger partial charge >= 0.3 is 0 Å². The number of aromatic nitrogens is 1. The summed E-state index contributed by atoms with van der Waals surface area (Å²) < 4.78 is 5.60. The number of hydrogen-bond acceptors (Lipinski definition) is 3. The lowest BCUT2D eigenvalue weighted by Gasteiger charge is -2.15. The molecule has 0 aliphatic heterocycles. The number of nitrogens with one attached hydrogen (secondary N) is 2. The zero-order chi connectivity index (χ0) is 17.0. The number of amides is 1. The molecule has 2 aromatic rings. The van der Waals surface area contributed by atoms with Crippen LogP contribution in [0.5, 0.6) is 5.75 Å². The molecule has 0 radical (unpaired) electrons. The van der Waals surface area contributed by atoms with Crippen molar-refractivity contribution in [1.82, 2.24) is 10.3 Å². The van der Waals surface area contributed by atoms with Crippen molar-refractivity contribution in [2.75, 3.05) is 0 Å². The highest BCUT2D eigenvalue weighted by atomic mass is 16.5. The van der Waals surface area contributed by atoms with Gasteiger partial charge in [0.25, 0.3) is 5.91 Å². The van der Waals surface area contributed by atoms with Crippen LogP contribution in [0.25, 0.3) is 0 Å². The van der Waals surface area contributed by atoms with Gasteiger partial charge in [-0.05, 0) is 51.5 Å². The first-order valence-electron chi connectivity index (χ1n) is 7.63. The molecule has 0 bridgehead atoms. The van der Waals surface area contributed by atoms with Gasteiger partial charge in [-0.1, -0.05) is 12.1 Å². The molecule has 1 aromatic carbocycles. The third-order valence-corrected chi connectivity index (χ3v) is 3.43. The average molecular weight is 314 g/mol. The van der Waals surface area contributed by atoms with Crippen LogP contribution >= 0.6 is 0 Å². The van der Waals surface area contributed by atoms with Crippen LogP contribution in [-0.2, 0) is 0 Å². The van der Waals surface area contributed by atoms with Crippen molar-refractivity contribution in [2.45, 2.75) is 39.8 Å². The summed E-state index contributed by atoms with van der Waals surface area (Å²) in [4.78, 5) is 26.3. The molecule has 1 heterocycles. The van der Waals surface area contributed by atoms with Crippen LogP contribution < -0.4 is 10.1 Å². The second-order valence-corrected chi connectivity index (χ2v) is 5.79. The SMILES string of the molecule is CC(=O)c1c[nH]c(C(=O)NC(C)c2ccc(OC(C)C)cc2)c1. The molecule has 1 unspecified atom stereocenters. The van der Waals surface area contributed by atoms with Crippen LogP contribution in [0.15, 0.2) is 36.5 Å². The Balaban J connectivity index is 2.01. The van der Waals surface area contributed by atoms with Crippen molar-refractivity contribution in [1.29, 1.82) is 0 Å². The molecular weight excluding hydrogens is 292 g/mol. The highest BCUT2D eigenvalue weighted by molar-refractivity contribution is 5.99. The predicted molar refractivity (Wildman–Crippen MR) is 88.9 cm³/mol. The summed E-state index contributed by atoms with van der Waals surface area (Å²) in [6.45, 7) is 7.32. The Morgan fingerprint density at radius 3 is 2.30 bits per heavy atom. The van der Waals surface area contributed by atoms with E-state index in [0.717, 1.165) is 11.3 Å². The van der Waals surface area contributed by atoms with Gasteiger partial charge in [-0.2, -0.15) is 0 Å². The molecule has 1 atom stereocenters. The minimum atomic E-state index is -0.243. The number of aromatic amines is 1. The lowest BCUT2D eigenvalue weighted by Crippen LogP contribution is -2.26. The van der Waals surface area contributed by atoms with Gasteiger partial charge in [-0.15, -0.1) is 0 Å². The van der Waals surface area contributed by atoms with Gasteiger partial charge < -0.3 is 15.0 Å². The van der Waals surface area contributed by atoms with E-state index in [0.29, 0.717) is 11.3 Å². The molecule has 23 heavy (non-hydrogen) atoms. The number of carbonyl (C=O) groups excluding carboxylic acids is 2. The Morgan fingerprint density at radius 1 is 1.13 bits per heavy atom. The first kappa shape index (κ1) is 16.8. The van der Waals surface area contributed by atoms with Gasteiger partial charge in [0.15, 0.2) is 5.78 Å². The molecule has 0 saturated heterocycles. The van der Waals surface area contributed by atoms with Gasteiger partial charge in [0.05, 0.1) is 12.1 Å². The normalized spacial score (nSPS) is 12.0. The highest BCUT2D eigenvalue weighted by Crippen LogP contribution is 2.19. The van der Waals surface area contributed by atoms with Crippen LogP contribution in [0.3, 0.4) is 0 Å². The number of ketones is 1. The molecule has 0 aliphatic carbocycles. The van der Waals surface area contributed by atoms with E-state index in [1.165, 1.54) is 6.92 Å². The van der Waals surface area contributed by atoms with Crippen LogP contribution in [-0.4, -0.2) is 22.8 Å². The number of H-pyrrole nitrogens is 1. The number of Topliss-reactive ketones (excluding diaryl/α,β-unsaturated/α-hetero) is 1. The summed E-state index contributed by atoms with van der Waals surface area (Å²) in [6, 6.07) is 9.04. The maximum absolute atomic E-state index is 12.2. The van der Waals surface area contributed by atoms with Gasteiger partial charge in [-0.3, -0.25) is 9.59 Å². The van der Waals surface area contributed by atoms with Crippen molar-refractivity contribution in [3.05, 3.63) is 53.3 Å². The third kappa shape index (κ3) is 4.45. The van der Waals surface area contributed by atoms with E-state index >= 15 is 0 Å². The van der Waals surface area contributed by atoms with E-state index in [-0.39, 0.29) is 23.8 Å². The second kappa shape index (κ2) is 7.13. The van der Waals surface area contributed by atoms with Crippen LogP contribution in [0.2, 0.25) is 0 Å². The third-order valence-electron chi connectivity index (χ3n) is 3.43. The van der Waals surface area contributed by atoms with E-state index in [9.17, 15) is 9.59 Å². The zero-order valence-electron chi connectivity index (χ0n) is 13.8. The Labute approximate surface area is 136 Å². The highest BCUT2D eigenvalue weighted by Gasteiger charge is 2.14. The topological polar surface area (TPSA) is 71.2 Å². The predicted octanol–water partition coefficient (Wildman–Crippen LogP) is 3.50. The molecule has 2 N–H and O–H groups in total. The summed E-state index contributed by atoms with van der Waals surface area (Å²) in [7, 11) is 0. The first-order valence-corrected chi connectivity index (χ1v) is 7.63. The molecule has 2 rings (SSSR count). The number of hydrogen-bond donors (Lipinski definition) is 2. The fraction of sp³-hybridized carbons (Fsp3) is 0.333. The van der Waals surface area contributed by atoms with E-state index in [1.807, 2.05) is 45.0 Å². The molecule has 122 valence electrons. The lowest BCUT2D eigenvalue weighted by molar-refractivity contribution is 0.0935. The molecule has 5 nitrogen and oxygen atoms in total. The Bertz CT molecular complexity index is 687. The first-order chi connectivity index (χ1) is 10.9. The molecule has 1 aromatic heterocycles. The maximum Gasteiger partial charge on any atom is 0.268 e. The maximum atomic E-state index is 12.2. The van der Waals surface area contributed by atoms with Crippen LogP contribution in [0.4, 0.5) is 0 Å². The number of rotatable bonds is 6. The van der Waals surface area contributed by atoms with Crippen LogP contribution in [0.1, 0.15) is 60.1 Å². The number of carbonyl (C=O) groups is 2. The van der Waals surface area contributed by atoms with Crippen molar-refractivity contribution in [2.24, 2.45) is 0 Å². The minimum Gasteiger partial charge on any atom is -0.491 e. The van der Waals surface area contributed by atoms with Gasteiger partial charge in [0.1, 0.15) is 11.4 Å². The second-order valence-electron chi connectivity index (χ2n) is 5.79. The fourth-order valence-electron chi connectivity index (χ4n) is 2.19. The Hall–Kier alpha value is -2.56. The van der Waals surface area contributed by atoms with Crippen molar-refractivity contribution in [3.63, 3.8) is 0 Å². The molecule has 0 aliphatic rings. The summed E-state index contributed by atoms with van der Waals surface area (Å²) in [5.74, 6) is 0.486. The molecular formula is C18H22N2O3. The van der Waals surface area contributed by atoms with Crippen molar-refractivity contribution < 1.29 is 14.3 Å². The Morgan fingerprint density at radius 2 is 1.78 bits per heavy atom. The Kier molecular flexibility index (Phi) is 5.21. The van der Waals surface area contributed by atoms with Gasteiger partial charge in [0, 0.05) is 11.8 Å². The van der Waals surface area contributed by atoms with Gasteiger partial charge in [0.2, 0.25) is 0 Å². The van der Waals surface area contributed by atoms with E-state index in [1.54, 1.807) is 12.3 Å². The molecule has 0 saturated carbocycles. The standard InChI is InChI=1S/C18H22N2O3/c1-11(2)23-16-7-5-14(6-8-16)12(3)20-18(22)17-9-15(10-19-17)13(4)21/h5-12,19H,1-4H3,(H,20,22). The number of ether oxygens (including phenoxy) is 1. The number of benzene rings is 1. The van der Waals surface area contributed by atoms with Gasteiger partial charge in [-0.25, -0.2) is 0 Å². The quantitative estimate of drug-likeness (QED) is 0.802. The molecule has 5 heteroatoms. The fourth-order valence-corrected chi connectivity index (χ4v) is 2.19. The van der Waals surface area contributed by atoms with Crippen molar-refractivity contribution in [3.8, 4) is 5.75 Å². The summed E-state index contributed by atoms with van der Waals surface area (Å²) >= 11 is 0. The molecule has 0 spiro atoms. The van der Waals surface area contributed by atoms with E-state index < -0.39 is 0 Å². The average Bonchev–Trinajstić information content (AvgIpc) is 2.97. The summed E-state index contributed by atoms with van der Waals surface area (Å²) in [5, 5.41) is 2.90. The zero-order valence-corrected chi connectivity index (χ0v) is 13.8. The molecule has 0 fully saturated rings. The van der Waals surface area contributed by atoms with Crippen molar-refractivity contribution >= 4 is 11.7 Å². The monoisotopic (exact) mass is 314 g/mol. The van der Waals surface area contributed by atoms with Crippen LogP contribution in [0, 0.1) is 0 Å². The summed E-state index contributed by atoms with van der Waals surface area (Å²) in [6.07, 6.45) is 1.67.